The van der Waals surface area contributed by atoms with Gasteiger partial charge in [0.2, 0.25) is 0 Å². The number of ether oxygens (including phenoxy) is 1. The lowest BCUT2D eigenvalue weighted by Crippen LogP contribution is -2.40. The van der Waals surface area contributed by atoms with Crippen molar-refractivity contribution in [2.24, 2.45) is 0 Å². The molecule has 3 heteroatoms. The molecule has 1 aliphatic rings. The van der Waals surface area contributed by atoms with Gasteiger partial charge in [0, 0.05) is 26.2 Å². The molecular weight excluding hydrogens is 164 g/mol. The van der Waals surface area contributed by atoms with Gasteiger partial charge < -0.3 is 10.1 Å². The van der Waals surface area contributed by atoms with Crippen LogP contribution >= 0.6 is 0 Å². The molecule has 13 heavy (non-hydrogen) atoms. The lowest BCUT2D eigenvalue weighted by molar-refractivity contribution is 0.0385. The van der Waals surface area contributed by atoms with Crippen molar-refractivity contribution in [3.05, 3.63) is 0 Å². The third-order valence-electron chi connectivity index (χ3n) is 1.96. The molecule has 0 bridgehead atoms. The van der Waals surface area contributed by atoms with E-state index in [1.165, 1.54) is 0 Å². The summed E-state index contributed by atoms with van der Waals surface area (Å²) in [6.45, 7) is 13.5. The Bertz CT molecular complexity index is 92.9. The van der Waals surface area contributed by atoms with Crippen LogP contribution in [0.2, 0.25) is 0 Å². The van der Waals surface area contributed by atoms with E-state index in [4.69, 9.17) is 4.74 Å². The predicted molar refractivity (Wildman–Crippen MR) is 57.2 cm³/mol. The number of rotatable bonds is 4. The minimum atomic E-state index is 0.909. The van der Waals surface area contributed by atoms with E-state index in [2.05, 4.69) is 17.1 Å². The van der Waals surface area contributed by atoms with Crippen LogP contribution in [0.3, 0.4) is 0 Å². The number of nitrogens with one attached hydrogen (secondary N) is 1. The fraction of sp³-hybridized carbons (Fsp3) is 1.00. The highest BCUT2D eigenvalue weighted by molar-refractivity contribution is 4.62. The largest absolute Gasteiger partial charge is 0.379 e. The zero-order valence-corrected chi connectivity index (χ0v) is 9.31. The predicted octanol–water partition coefficient (Wildman–Crippen LogP) is 0.954. The Morgan fingerprint density at radius 2 is 1.85 bits per heavy atom. The molecule has 3 nitrogen and oxygen atoms in total. The third-order valence-corrected chi connectivity index (χ3v) is 1.96. The monoisotopic (exact) mass is 188 g/mol. The second kappa shape index (κ2) is 9.96. The van der Waals surface area contributed by atoms with Crippen molar-refractivity contribution in [3.8, 4) is 0 Å². The molecule has 0 spiro atoms. The molecule has 1 aliphatic heterocycles. The maximum Gasteiger partial charge on any atom is 0.0594 e. The zero-order chi connectivity index (χ0) is 9.94. The third kappa shape index (κ3) is 6.99. The van der Waals surface area contributed by atoms with Crippen molar-refractivity contribution in [1.29, 1.82) is 0 Å². The fourth-order valence-electron chi connectivity index (χ4n) is 1.24. The summed E-state index contributed by atoms with van der Waals surface area (Å²) in [6.07, 6.45) is 0. The van der Waals surface area contributed by atoms with Crippen molar-refractivity contribution < 1.29 is 4.74 Å². The first-order valence-electron chi connectivity index (χ1n) is 5.44. The molecule has 1 heterocycles. The molecule has 0 aromatic carbocycles. The molecule has 0 aromatic rings. The number of morpholine rings is 1. The van der Waals surface area contributed by atoms with Crippen LogP contribution in [0.15, 0.2) is 0 Å². The lowest BCUT2D eigenvalue weighted by atomic mass is 10.4. The topological polar surface area (TPSA) is 24.5 Å². The molecule has 0 unspecified atom stereocenters. The minimum Gasteiger partial charge on any atom is -0.379 e. The van der Waals surface area contributed by atoms with E-state index in [-0.39, 0.29) is 0 Å². The van der Waals surface area contributed by atoms with Crippen LogP contribution in [0.25, 0.3) is 0 Å². The van der Waals surface area contributed by atoms with Gasteiger partial charge in [-0.05, 0) is 6.54 Å². The van der Waals surface area contributed by atoms with E-state index in [0.717, 1.165) is 45.9 Å². The molecule has 80 valence electrons. The Kier molecular flexibility index (Phi) is 9.87. The molecular formula is C10H24N2O. The Morgan fingerprint density at radius 1 is 1.23 bits per heavy atom. The summed E-state index contributed by atoms with van der Waals surface area (Å²) < 4.78 is 5.24. The normalized spacial score (nSPS) is 17.8. The van der Waals surface area contributed by atoms with Crippen LogP contribution in [-0.2, 0) is 4.74 Å². The molecule has 0 atom stereocenters. The summed E-state index contributed by atoms with van der Waals surface area (Å²) in [7, 11) is 0. The van der Waals surface area contributed by atoms with Gasteiger partial charge >= 0.3 is 0 Å². The first-order valence-corrected chi connectivity index (χ1v) is 5.44. The first-order chi connectivity index (χ1) is 6.43. The second-order valence-electron chi connectivity index (χ2n) is 2.81. The Balaban J connectivity index is 0.000000671. The highest BCUT2D eigenvalue weighted by Gasteiger charge is 2.08. The SMILES string of the molecule is CC.CCNCCN1CCOCC1. The average Bonchev–Trinajstić information content (AvgIpc) is 2.23. The van der Waals surface area contributed by atoms with Crippen molar-refractivity contribution in [3.63, 3.8) is 0 Å². The molecule has 1 fully saturated rings. The van der Waals surface area contributed by atoms with Gasteiger partial charge in [-0.25, -0.2) is 0 Å². The molecule has 1 saturated heterocycles. The first kappa shape index (κ1) is 12.9. The fourth-order valence-corrected chi connectivity index (χ4v) is 1.24. The van der Waals surface area contributed by atoms with Gasteiger partial charge in [-0.1, -0.05) is 20.8 Å². The maximum atomic E-state index is 5.24. The molecule has 0 radical (unpaired) electrons. The van der Waals surface area contributed by atoms with Crippen molar-refractivity contribution in [2.75, 3.05) is 45.9 Å². The van der Waals surface area contributed by atoms with Crippen LogP contribution in [0.4, 0.5) is 0 Å². The van der Waals surface area contributed by atoms with Crippen LogP contribution in [0, 0.1) is 0 Å². The number of hydrogen-bond donors (Lipinski definition) is 1. The smallest absolute Gasteiger partial charge is 0.0594 e. The molecule has 0 saturated carbocycles. The summed E-state index contributed by atoms with van der Waals surface area (Å²) in [4.78, 5) is 2.44. The molecule has 1 rings (SSSR count). The zero-order valence-electron chi connectivity index (χ0n) is 9.31. The van der Waals surface area contributed by atoms with Crippen molar-refractivity contribution in [2.45, 2.75) is 20.8 Å². The number of likely N-dealkylation sites (N-methyl/N-ethyl adjacent to an activating group) is 1. The maximum absolute atomic E-state index is 5.24. The summed E-state index contributed by atoms with van der Waals surface area (Å²) in [5, 5.41) is 3.31. The van der Waals surface area contributed by atoms with Gasteiger partial charge in [-0.15, -0.1) is 0 Å². The van der Waals surface area contributed by atoms with Crippen molar-refractivity contribution in [1.82, 2.24) is 10.2 Å². The second-order valence-corrected chi connectivity index (χ2v) is 2.81. The van der Waals surface area contributed by atoms with E-state index in [0.29, 0.717) is 0 Å². The summed E-state index contributed by atoms with van der Waals surface area (Å²) >= 11 is 0. The highest BCUT2D eigenvalue weighted by Crippen LogP contribution is 1.94. The highest BCUT2D eigenvalue weighted by atomic mass is 16.5. The Labute approximate surface area is 82.4 Å². The molecule has 0 aliphatic carbocycles. The van der Waals surface area contributed by atoms with Crippen molar-refractivity contribution >= 4 is 0 Å². The summed E-state index contributed by atoms with van der Waals surface area (Å²) in [6, 6.07) is 0. The van der Waals surface area contributed by atoms with Gasteiger partial charge in [0.05, 0.1) is 13.2 Å². The van der Waals surface area contributed by atoms with Gasteiger partial charge in [-0.3, -0.25) is 4.90 Å². The summed E-state index contributed by atoms with van der Waals surface area (Å²) in [5.74, 6) is 0. The Hall–Kier alpha value is -0.120. The van der Waals surface area contributed by atoms with Gasteiger partial charge in [0.15, 0.2) is 0 Å². The minimum absolute atomic E-state index is 0.909. The van der Waals surface area contributed by atoms with Gasteiger partial charge in [0.1, 0.15) is 0 Å². The average molecular weight is 188 g/mol. The van der Waals surface area contributed by atoms with Crippen LogP contribution in [0.5, 0.6) is 0 Å². The van der Waals surface area contributed by atoms with Gasteiger partial charge in [0.25, 0.3) is 0 Å². The van der Waals surface area contributed by atoms with Gasteiger partial charge in [-0.2, -0.15) is 0 Å². The van der Waals surface area contributed by atoms with E-state index < -0.39 is 0 Å². The van der Waals surface area contributed by atoms with E-state index >= 15 is 0 Å². The number of nitrogens with zero attached hydrogens (tertiary/aromatic N) is 1. The quantitative estimate of drug-likeness (QED) is 0.665. The van der Waals surface area contributed by atoms with Crippen LogP contribution < -0.4 is 5.32 Å². The Morgan fingerprint density at radius 3 is 2.38 bits per heavy atom. The lowest BCUT2D eigenvalue weighted by Gasteiger charge is -2.26. The summed E-state index contributed by atoms with van der Waals surface area (Å²) in [5.41, 5.74) is 0. The van der Waals surface area contributed by atoms with Crippen LogP contribution in [-0.4, -0.2) is 50.8 Å². The van der Waals surface area contributed by atoms with Crippen LogP contribution in [0.1, 0.15) is 20.8 Å². The standard InChI is InChI=1S/C8H18N2O.C2H6/c1-2-9-3-4-10-5-7-11-8-6-10;1-2/h9H,2-8H2,1H3;1-2H3. The molecule has 0 aromatic heterocycles. The van der Waals surface area contributed by atoms with E-state index in [1.807, 2.05) is 13.8 Å². The van der Waals surface area contributed by atoms with E-state index in [9.17, 15) is 0 Å². The molecule has 1 N–H and O–H groups in total. The molecule has 0 amide bonds. The van der Waals surface area contributed by atoms with E-state index in [1.54, 1.807) is 0 Å². The number of hydrogen-bond acceptors (Lipinski definition) is 3.